The van der Waals surface area contributed by atoms with Gasteiger partial charge in [-0.3, -0.25) is 9.59 Å². The fourth-order valence-electron chi connectivity index (χ4n) is 2.65. The topological polar surface area (TPSA) is 89.4 Å². The third kappa shape index (κ3) is 3.43. The molecule has 0 saturated heterocycles. The second-order valence-corrected chi connectivity index (χ2v) is 5.94. The molecule has 0 unspecified atom stereocenters. The number of rotatable bonds is 5. The van der Waals surface area contributed by atoms with Crippen molar-refractivity contribution in [1.82, 2.24) is 4.90 Å². The van der Waals surface area contributed by atoms with Crippen LogP contribution in [-0.4, -0.2) is 34.3 Å². The molecule has 1 rings (SSSR count). The number of primary amides is 1. The summed E-state index contributed by atoms with van der Waals surface area (Å²) in [6.07, 6.45) is 4.30. The Bertz CT molecular complexity index is 376. The Morgan fingerprint density at radius 2 is 1.74 bits per heavy atom. The van der Waals surface area contributed by atoms with Crippen LogP contribution in [0, 0.1) is 5.41 Å². The molecule has 0 radical (unpaired) electrons. The lowest BCUT2D eigenvalue weighted by Crippen LogP contribution is -2.55. The van der Waals surface area contributed by atoms with Crippen molar-refractivity contribution in [3.8, 4) is 0 Å². The molecular formula is C13H23N3O2S. The highest BCUT2D eigenvalue weighted by Gasteiger charge is 2.45. The van der Waals surface area contributed by atoms with Gasteiger partial charge < -0.3 is 16.4 Å². The average molecular weight is 285 g/mol. The molecule has 1 fully saturated rings. The van der Waals surface area contributed by atoms with E-state index in [0.717, 1.165) is 19.3 Å². The van der Waals surface area contributed by atoms with Crippen molar-refractivity contribution in [2.24, 2.45) is 16.9 Å². The maximum absolute atomic E-state index is 12.8. The van der Waals surface area contributed by atoms with Crippen LogP contribution in [0.4, 0.5) is 0 Å². The van der Waals surface area contributed by atoms with E-state index >= 15 is 0 Å². The molecule has 1 aliphatic rings. The molecule has 0 aromatic rings. The largest absolute Gasteiger partial charge is 0.392 e. The van der Waals surface area contributed by atoms with E-state index in [9.17, 15) is 9.59 Å². The summed E-state index contributed by atoms with van der Waals surface area (Å²) in [4.78, 5) is 25.7. The van der Waals surface area contributed by atoms with Gasteiger partial charge in [-0.15, -0.1) is 0 Å². The minimum atomic E-state index is -0.784. The highest BCUT2D eigenvalue weighted by molar-refractivity contribution is 7.80. The van der Waals surface area contributed by atoms with Gasteiger partial charge in [0.05, 0.1) is 16.9 Å². The van der Waals surface area contributed by atoms with Crippen molar-refractivity contribution < 1.29 is 9.59 Å². The van der Waals surface area contributed by atoms with Crippen LogP contribution in [0.1, 0.15) is 46.0 Å². The van der Waals surface area contributed by atoms with E-state index in [-0.39, 0.29) is 23.5 Å². The van der Waals surface area contributed by atoms with Crippen LogP contribution < -0.4 is 11.5 Å². The molecule has 108 valence electrons. The molecule has 0 aromatic carbocycles. The Balaban J connectivity index is 3.03. The Labute approximate surface area is 119 Å². The zero-order chi connectivity index (χ0) is 14.6. The number of hydrogen-bond acceptors (Lipinski definition) is 3. The lowest BCUT2D eigenvalue weighted by Gasteiger charge is -2.40. The summed E-state index contributed by atoms with van der Waals surface area (Å²) in [6.45, 7) is 3.63. The van der Waals surface area contributed by atoms with Gasteiger partial charge >= 0.3 is 0 Å². The molecule has 5 nitrogen and oxygen atoms in total. The molecule has 0 bridgehead atoms. The third-order valence-electron chi connectivity index (χ3n) is 3.80. The minimum absolute atomic E-state index is 0.0825. The molecule has 0 spiro atoms. The van der Waals surface area contributed by atoms with E-state index in [0.29, 0.717) is 12.8 Å². The van der Waals surface area contributed by atoms with E-state index in [1.54, 1.807) is 0 Å². The van der Waals surface area contributed by atoms with Gasteiger partial charge in [0, 0.05) is 6.04 Å². The predicted octanol–water partition coefficient (Wildman–Crippen LogP) is 0.945. The van der Waals surface area contributed by atoms with E-state index in [4.69, 9.17) is 23.7 Å². The summed E-state index contributed by atoms with van der Waals surface area (Å²) < 4.78 is 0. The zero-order valence-corrected chi connectivity index (χ0v) is 12.5. The molecule has 0 aromatic heterocycles. The van der Waals surface area contributed by atoms with Crippen LogP contribution in [0.5, 0.6) is 0 Å². The number of carbonyl (C=O) groups is 2. The maximum atomic E-state index is 12.8. The van der Waals surface area contributed by atoms with Gasteiger partial charge in [0.15, 0.2) is 0 Å². The van der Waals surface area contributed by atoms with Gasteiger partial charge in [-0.25, -0.2) is 0 Å². The molecule has 2 amide bonds. The summed E-state index contributed by atoms with van der Waals surface area (Å²) in [5.41, 5.74) is 10.3. The Kier molecular flexibility index (Phi) is 5.29. The van der Waals surface area contributed by atoms with Crippen LogP contribution in [-0.2, 0) is 9.59 Å². The summed E-state index contributed by atoms with van der Waals surface area (Å²) in [5, 5.41) is 0. The second kappa shape index (κ2) is 6.32. The number of carbonyl (C=O) groups excluding carboxylic acids is 2. The summed E-state index contributed by atoms with van der Waals surface area (Å²) in [5.74, 6) is -0.663. The van der Waals surface area contributed by atoms with Crippen molar-refractivity contribution in [1.29, 1.82) is 0 Å². The first-order chi connectivity index (χ1) is 8.81. The molecule has 0 heterocycles. The summed E-state index contributed by atoms with van der Waals surface area (Å²) in [6, 6.07) is -0.104. The first kappa shape index (κ1) is 15.9. The number of amides is 2. The van der Waals surface area contributed by atoms with Crippen LogP contribution in [0.2, 0.25) is 0 Å². The van der Waals surface area contributed by atoms with Crippen molar-refractivity contribution in [3.63, 3.8) is 0 Å². The van der Waals surface area contributed by atoms with E-state index in [1.807, 2.05) is 13.8 Å². The maximum Gasteiger partial charge on any atom is 0.237 e. The van der Waals surface area contributed by atoms with Crippen LogP contribution in [0.25, 0.3) is 0 Å². The average Bonchev–Trinajstić information content (AvgIpc) is 2.35. The second-order valence-electron chi connectivity index (χ2n) is 5.50. The van der Waals surface area contributed by atoms with E-state index in [2.05, 4.69) is 0 Å². The first-order valence-electron chi connectivity index (χ1n) is 6.70. The monoisotopic (exact) mass is 285 g/mol. The lowest BCUT2D eigenvalue weighted by molar-refractivity contribution is -0.144. The number of nitrogens with two attached hydrogens (primary N) is 2. The number of hydrogen-bond donors (Lipinski definition) is 2. The van der Waals surface area contributed by atoms with E-state index < -0.39 is 11.3 Å². The molecule has 6 heteroatoms. The Hall–Kier alpha value is -1.17. The SMILES string of the molecule is CC(C)N(CC(N)=O)C(=O)C1(C(N)=S)CCCCC1. The first-order valence-corrected chi connectivity index (χ1v) is 7.11. The van der Waals surface area contributed by atoms with Gasteiger partial charge in [0.1, 0.15) is 0 Å². The fraction of sp³-hybridized carbons (Fsp3) is 0.769. The van der Waals surface area contributed by atoms with Crippen molar-refractivity contribution in [2.75, 3.05) is 6.54 Å². The van der Waals surface area contributed by atoms with Gasteiger partial charge in [0.2, 0.25) is 11.8 Å². The van der Waals surface area contributed by atoms with Gasteiger partial charge in [0.25, 0.3) is 0 Å². The van der Waals surface area contributed by atoms with Crippen molar-refractivity contribution in [3.05, 3.63) is 0 Å². The van der Waals surface area contributed by atoms with Gasteiger partial charge in [-0.1, -0.05) is 31.5 Å². The number of thiocarbonyl (C=S) groups is 1. The molecule has 1 aliphatic carbocycles. The lowest BCUT2D eigenvalue weighted by atomic mass is 9.72. The highest BCUT2D eigenvalue weighted by Crippen LogP contribution is 2.38. The van der Waals surface area contributed by atoms with Crippen LogP contribution >= 0.6 is 12.2 Å². The Morgan fingerprint density at radius 3 is 2.11 bits per heavy atom. The molecule has 1 saturated carbocycles. The molecular weight excluding hydrogens is 262 g/mol. The standard InChI is InChI=1S/C13H23N3O2S/c1-9(2)16(8-10(14)17)12(18)13(11(15)19)6-4-3-5-7-13/h9H,3-8H2,1-2H3,(H2,14,17)(H2,15,19). The van der Waals surface area contributed by atoms with Gasteiger partial charge in [-0.2, -0.15) is 0 Å². The minimum Gasteiger partial charge on any atom is -0.392 e. The van der Waals surface area contributed by atoms with Crippen molar-refractivity contribution >= 4 is 29.0 Å². The third-order valence-corrected chi connectivity index (χ3v) is 4.19. The number of nitrogens with zero attached hydrogens (tertiary/aromatic N) is 1. The molecule has 0 atom stereocenters. The predicted molar refractivity (Wildman–Crippen MR) is 78.3 cm³/mol. The molecule has 0 aliphatic heterocycles. The van der Waals surface area contributed by atoms with Gasteiger partial charge in [-0.05, 0) is 26.7 Å². The van der Waals surface area contributed by atoms with E-state index in [1.165, 1.54) is 4.90 Å². The fourth-order valence-corrected chi connectivity index (χ4v) is 2.94. The highest BCUT2D eigenvalue weighted by atomic mass is 32.1. The van der Waals surface area contributed by atoms with Crippen molar-refractivity contribution in [2.45, 2.75) is 52.0 Å². The zero-order valence-electron chi connectivity index (χ0n) is 11.6. The molecule has 4 N–H and O–H groups in total. The summed E-state index contributed by atoms with van der Waals surface area (Å²) in [7, 11) is 0. The quantitative estimate of drug-likeness (QED) is 0.736. The molecule has 19 heavy (non-hydrogen) atoms. The summed E-state index contributed by atoms with van der Waals surface area (Å²) >= 11 is 5.14. The van der Waals surface area contributed by atoms with Crippen LogP contribution in [0.3, 0.4) is 0 Å². The normalized spacial score (nSPS) is 18.1. The smallest absolute Gasteiger partial charge is 0.237 e. The Morgan fingerprint density at radius 1 is 1.21 bits per heavy atom. The van der Waals surface area contributed by atoms with Crippen LogP contribution in [0.15, 0.2) is 0 Å².